The van der Waals surface area contributed by atoms with Gasteiger partial charge in [-0.05, 0) is 80.8 Å². The molecule has 2 fully saturated rings. The highest BCUT2D eigenvalue weighted by Gasteiger charge is 2.44. The molecular weight excluding hydrogens is 817 g/mol. The van der Waals surface area contributed by atoms with Gasteiger partial charge in [0.05, 0.1) is 38.1 Å². The highest BCUT2D eigenvalue weighted by Crippen LogP contribution is 2.42. The smallest absolute Gasteiger partial charge is 0.469 e. The number of anilines is 2. The van der Waals surface area contributed by atoms with Crippen LogP contribution in [0.1, 0.15) is 51.1 Å². The lowest BCUT2D eigenvalue weighted by Gasteiger charge is -2.37. The maximum absolute atomic E-state index is 15.0. The van der Waals surface area contributed by atoms with Gasteiger partial charge in [0.25, 0.3) is 0 Å². The Morgan fingerprint density at radius 3 is 2.26 bits per heavy atom. The average molecular weight is 867 g/mol. The molecule has 4 atom stereocenters. The van der Waals surface area contributed by atoms with Crippen molar-refractivity contribution in [2.45, 2.75) is 63.8 Å². The number of aromatic nitrogens is 6. The number of ether oxygens (including phenoxy) is 3. The van der Waals surface area contributed by atoms with Crippen LogP contribution in [0.5, 0.6) is 5.75 Å². The third-order valence-corrected chi connectivity index (χ3v) is 11.6. The number of benzene rings is 3. The van der Waals surface area contributed by atoms with E-state index in [1.165, 1.54) is 34.0 Å². The second kappa shape index (κ2) is 19.1. The predicted octanol–water partition coefficient (Wildman–Crippen LogP) is 5.01. The molecule has 2 saturated heterocycles. The molecule has 2 aliphatic rings. The number of phosphoric acid groups is 1. The average Bonchev–Trinajstić information content (AvgIpc) is 4.00. The molecule has 0 radical (unpaired) electrons. The number of phosphoric ester groups is 1. The maximum Gasteiger partial charge on any atom is 0.469 e. The van der Waals surface area contributed by atoms with Gasteiger partial charge in [-0.25, -0.2) is 37.1 Å². The topological polar surface area (TPSA) is 189 Å². The third-order valence-electron chi connectivity index (χ3n) is 11.0. The number of hydrogen-bond donors (Lipinski definition) is 2. The molecule has 0 saturated carbocycles. The van der Waals surface area contributed by atoms with Gasteiger partial charge in [-0.1, -0.05) is 13.0 Å². The summed E-state index contributed by atoms with van der Waals surface area (Å²) >= 11 is 0. The van der Waals surface area contributed by atoms with Crippen LogP contribution in [0.25, 0.3) is 5.69 Å². The molecule has 4 unspecified atom stereocenters. The van der Waals surface area contributed by atoms with E-state index in [4.69, 9.17) is 24.0 Å². The van der Waals surface area contributed by atoms with Crippen LogP contribution < -0.4 is 20.2 Å². The van der Waals surface area contributed by atoms with Crippen molar-refractivity contribution in [2.24, 2.45) is 5.92 Å². The Morgan fingerprint density at radius 1 is 0.967 bits per heavy atom. The maximum atomic E-state index is 15.0. The minimum Gasteiger partial charge on any atom is -0.493 e. The zero-order valence-electron chi connectivity index (χ0n) is 33.8. The Balaban J connectivity index is 0.886. The number of carbonyl (C=O) groups is 1. The Labute approximate surface area is 350 Å². The normalized spacial score (nSPS) is 19.2. The minimum atomic E-state index is -4.61. The Bertz CT molecular complexity index is 2330. The first kappa shape index (κ1) is 43.6. The fraction of sp³-hybridized carbons (Fsp3) is 0.439. The van der Waals surface area contributed by atoms with Crippen molar-refractivity contribution >= 4 is 25.2 Å². The summed E-state index contributed by atoms with van der Waals surface area (Å²) in [6.07, 6.45) is 4.59. The van der Waals surface area contributed by atoms with Gasteiger partial charge in [-0.2, -0.15) is 10.2 Å². The van der Waals surface area contributed by atoms with Gasteiger partial charge in [0.1, 0.15) is 48.1 Å². The van der Waals surface area contributed by atoms with Crippen LogP contribution in [0.4, 0.5) is 20.2 Å². The zero-order chi connectivity index (χ0) is 43.1. The largest absolute Gasteiger partial charge is 0.493 e. The molecule has 0 bridgehead atoms. The molecule has 2 N–H and O–H groups in total. The second-order valence-electron chi connectivity index (χ2n) is 15.2. The summed E-state index contributed by atoms with van der Waals surface area (Å²) in [7, 11) is -4.61. The number of piperazine rings is 1. The Morgan fingerprint density at radius 2 is 1.64 bits per heavy atom. The van der Waals surface area contributed by atoms with Gasteiger partial charge < -0.3 is 33.8 Å². The van der Waals surface area contributed by atoms with Crippen molar-refractivity contribution in [3.05, 3.63) is 113 Å². The van der Waals surface area contributed by atoms with Crippen molar-refractivity contribution in [1.29, 1.82) is 0 Å². The summed E-state index contributed by atoms with van der Waals surface area (Å²) in [4.78, 5) is 52.0. The van der Waals surface area contributed by atoms with Crippen LogP contribution in [0.15, 0.2) is 90.5 Å². The second-order valence-corrected chi connectivity index (χ2v) is 16.5. The lowest BCUT2D eigenvalue weighted by molar-refractivity contribution is -0.151. The van der Waals surface area contributed by atoms with E-state index in [0.29, 0.717) is 37.5 Å². The van der Waals surface area contributed by atoms with Crippen LogP contribution >= 0.6 is 7.82 Å². The van der Waals surface area contributed by atoms with Crippen LogP contribution in [-0.4, -0.2) is 97.0 Å². The summed E-state index contributed by atoms with van der Waals surface area (Å²) in [5.41, 5.74) is 1.59. The Kier molecular flexibility index (Phi) is 13.6. The van der Waals surface area contributed by atoms with Crippen LogP contribution in [0, 0.1) is 17.6 Å². The highest BCUT2D eigenvalue weighted by molar-refractivity contribution is 7.46. The summed E-state index contributed by atoms with van der Waals surface area (Å²) in [5.74, 6) is -1.23. The van der Waals surface area contributed by atoms with E-state index in [0.717, 1.165) is 43.6 Å². The van der Waals surface area contributed by atoms with Crippen molar-refractivity contribution < 1.29 is 46.7 Å². The number of halogens is 2. The van der Waals surface area contributed by atoms with Gasteiger partial charge in [-0.3, -0.25) is 9.32 Å². The zero-order valence-corrected chi connectivity index (χ0v) is 34.7. The fourth-order valence-corrected chi connectivity index (χ4v) is 8.34. The monoisotopic (exact) mass is 866 g/mol. The molecule has 326 valence electrons. The quantitative estimate of drug-likeness (QED) is 0.0679. The molecule has 4 heterocycles. The van der Waals surface area contributed by atoms with E-state index in [1.807, 2.05) is 55.5 Å². The molecule has 2 aromatic heterocycles. The number of esters is 1. The van der Waals surface area contributed by atoms with E-state index in [2.05, 4.69) is 29.5 Å². The first-order chi connectivity index (χ1) is 29.3. The van der Waals surface area contributed by atoms with Crippen molar-refractivity contribution in [2.75, 3.05) is 55.8 Å². The summed E-state index contributed by atoms with van der Waals surface area (Å²) in [6.45, 7) is 7.33. The van der Waals surface area contributed by atoms with Crippen molar-refractivity contribution in [3.8, 4) is 11.4 Å². The van der Waals surface area contributed by atoms with Gasteiger partial charge in [-0.15, -0.1) is 0 Å². The molecule has 17 nitrogen and oxygen atoms in total. The molecule has 0 amide bonds. The molecule has 20 heteroatoms. The molecule has 2 aliphatic heterocycles. The lowest BCUT2D eigenvalue weighted by Crippen LogP contribution is -2.46. The molecule has 7 rings (SSSR count). The minimum absolute atomic E-state index is 0.0403. The SMILES string of the molecule is CCC(C(C)OC(=O)CCCOP(=O)(O)O)n1ncn(-c2ccc(N3CCN(c4ccc(OCC5COC(Cn6cncn6)(c6ccc(F)cc6F)C5)cc4)CC3)cc2)c1=O. The summed E-state index contributed by atoms with van der Waals surface area (Å²) in [6, 6.07) is 18.7. The molecule has 0 aliphatic carbocycles. The number of nitrogens with zero attached hydrogens (tertiary/aromatic N) is 8. The molecule has 61 heavy (non-hydrogen) atoms. The number of rotatable bonds is 18. The van der Waals surface area contributed by atoms with Crippen molar-refractivity contribution in [3.63, 3.8) is 0 Å². The van der Waals surface area contributed by atoms with E-state index < -0.39 is 43.2 Å². The van der Waals surface area contributed by atoms with Gasteiger partial charge in [0.15, 0.2) is 0 Å². The van der Waals surface area contributed by atoms with Crippen LogP contribution in [0.3, 0.4) is 0 Å². The Hall–Kier alpha value is -5.46. The van der Waals surface area contributed by atoms with E-state index in [1.54, 1.807) is 17.9 Å². The standard InChI is InChI=1S/C41H49F2N8O9P/c1-3-38(29(2)60-39(52)5-4-20-59-61(54,55)56)51-40(53)50(28-46-51)34-9-7-32(8-10-34)47-16-18-48(19-17-47)33-11-13-35(14-12-33)57-23-30-22-41(58-24-30,25-49-27-44-26-45-49)36-15-6-31(42)21-37(36)43/h6-15,21,26-30,38H,3-5,16-20,22-25H2,1-2H3,(H2,54,55,56). The first-order valence-corrected chi connectivity index (χ1v) is 21.6. The van der Waals surface area contributed by atoms with E-state index in [9.17, 15) is 18.5 Å². The molecular formula is C41H49F2N8O9P. The number of hydrogen-bond acceptors (Lipinski definition) is 12. The van der Waals surface area contributed by atoms with Gasteiger partial charge in [0, 0.05) is 61.5 Å². The fourth-order valence-electron chi connectivity index (χ4n) is 7.97. The van der Waals surface area contributed by atoms with Gasteiger partial charge in [0.2, 0.25) is 0 Å². The molecule has 3 aromatic carbocycles. The van der Waals surface area contributed by atoms with E-state index in [-0.39, 0.29) is 43.2 Å². The molecule has 5 aromatic rings. The van der Waals surface area contributed by atoms with Crippen LogP contribution in [0.2, 0.25) is 0 Å². The lowest BCUT2D eigenvalue weighted by atomic mass is 9.87. The van der Waals surface area contributed by atoms with Crippen molar-refractivity contribution in [1.82, 2.24) is 29.1 Å². The van der Waals surface area contributed by atoms with Gasteiger partial charge >= 0.3 is 19.5 Å². The number of carbonyl (C=O) groups excluding carboxylic acids is 1. The summed E-state index contributed by atoms with van der Waals surface area (Å²) < 4.78 is 66.3. The summed E-state index contributed by atoms with van der Waals surface area (Å²) in [5, 5.41) is 8.50. The van der Waals surface area contributed by atoms with E-state index >= 15 is 4.39 Å². The predicted molar refractivity (Wildman–Crippen MR) is 218 cm³/mol. The third kappa shape index (κ3) is 10.7. The highest BCUT2D eigenvalue weighted by atomic mass is 31.2. The first-order valence-electron chi connectivity index (χ1n) is 20.1. The molecule has 0 spiro atoms. The van der Waals surface area contributed by atoms with Crippen LogP contribution in [-0.2, 0) is 35.5 Å².